The summed E-state index contributed by atoms with van der Waals surface area (Å²) in [6.45, 7) is 5.41. The summed E-state index contributed by atoms with van der Waals surface area (Å²) in [5.41, 5.74) is 2.02. The third-order valence-electron chi connectivity index (χ3n) is 4.50. The number of hydrogen-bond acceptors (Lipinski definition) is 5. The molecule has 1 amide bonds. The Morgan fingerprint density at radius 2 is 2.03 bits per heavy atom. The van der Waals surface area contributed by atoms with Crippen molar-refractivity contribution < 1.29 is 19.0 Å². The van der Waals surface area contributed by atoms with E-state index in [1.165, 1.54) is 0 Å². The fraction of sp³-hybridized carbons (Fsp3) is 0.381. The normalized spacial score (nSPS) is 13.9. The number of nitrogens with one attached hydrogen (secondary N) is 1. The van der Waals surface area contributed by atoms with E-state index in [1.807, 2.05) is 19.1 Å². The second-order valence-corrected chi connectivity index (χ2v) is 7.84. The van der Waals surface area contributed by atoms with Gasteiger partial charge in [-0.05, 0) is 52.7 Å². The van der Waals surface area contributed by atoms with Gasteiger partial charge in [-0.2, -0.15) is 0 Å². The number of hydrogen-bond donors (Lipinski definition) is 1. The summed E-state index contributed by atoms with van der Waals surface area (Å²) in [5, 5.41) is 3.54. The van der Waals surface area contributed by atoms with Gasteiger partial charge in [-0.15, -0.1) is 0 Å². The minimum Gasteiger partial charge on any atom is -0.493 e. The molecule has 0 radical (unpaired) electrons. The van der Waals surface area contributed by atoms with Gasteiger partial charge in [0.1, 0.15) is 0 Å². The number of amides is 1. The molecule has 1 heterocycles. The molecule has 0 bridgehead atoms. The van der Waals surface area contributed by atoms with Crippen LogP contribution in [0.1, 0.15) is 23.7 Å². The monoisotopic (exact) mass is 482 g/mol. The van der Waals surface area contributed by atoms with Crippen LogP contribution >= 0.6 is 27.5 Å². The molecule has 156 valence electrons. The number of anilines is 2. The first kappa shape index (κ1) is 21.7. The van der Waals surface area contributed by atoms with Crippen molar-refractivity contribution in [3.63, 3.8) is 0 Å². The molecule has 1 fully saturated rings. The summed E-state index contributed by atoms with van der Waals surface area (Å²) in [6.07, 6.45) is 0.872. The Hall–Kier alpha value is -1.96. The van der Waals surface area contributed by atoms with Gasteiger partial charge in [0, 0.05) is 23.7 Å². The van der Waals surface area contributed by atoms with Crippen molar-refractivity contribution in [3.8, 4) is 11.5 Å². The molecule has 0 aliphatic carbocycles. The standard InChI is InChI=1S/C21H24BrClN2O4/c1-3-8-29-20-16(22)11-14(12-19(20)27-2)21(26)24-17-13-15(23)4-5-18(17)25-6-9-28-10-7-25/h4-5,11-13H,3,6-10H2,1-2H3,(H,24,26). The summed E-state index contributed by atoms with van der Waals surface area (Å²) in [6, 6.07) is 8.89. The molecule has 0 saturated carbocycles. The molecule has 1 saturated heterocycles. The second kappa shape index (κ2) is 10.2. The lowest BCUT2D eigenvalue weighted by molar-refractivity contribution is 0.102. The minimum atomic E-state index is -0.261. The number of benzene rings is 2. The lowest BCUT2D eigenvalue weighted by Gasteiger charge is -2.30. The van der Waals surface area contributed by atoms with Crippen molar-refractivity contribution in [1.29, 1.82) is 0 Å². The number of carbonyl (C=O) groups excluding carboxylic acids is 1. The summed E-state index contributed by atoms with van der Waals surface area (Å²) in [5.74, 6) is 0.822. The van der Waals surface area contributed by atoms with Gasteiger partial charge in [0.05, 0.1) is 42.8 Å². The van der Waals surface area contributed by atoms with E-state index in [0.29, 0.717) is 52.1 Å². The highest BCUT2D eigenvalue weighted by atomic mass is 79.9. The Kier molecular flexibility index (Phi) is 7.64. The van der Waals surface area contributed by atoms with Crippen LogP contribution in [0.2, 0.25) is 5.02 Å². The van der Waals surface area contributed by atoms with Crippen molar-refractivity contribution in [1.82, 2.24) is 0 Å². The fourth-order valence-electron chi connectivity index (χ4n) is 3.08. The maximum Gasteiger partial charge on any atom is 0.255 e. The predicted molar refractivity (Wildman–Crippen MR) is 119 cm³/mol. The van der Waals surface area contributed by atoms with Crippen LogP contribution < -0.4 is 19.7 Å². The number of morpholine rings is 1. The Morgan fingerprint density at radius 1 is 1.28 bits per heavy atom. The molecule has 2 aromatic rings. The molecule has 1 aliphatic heterocycles. The minimum absolute atomic E-state index is 0.261. The number of ether oxygens (including phenoxy) is 3. The molecule has 1 aliphatic rings. The zero-order valence-electron chi connectivity index (χ0n) is 16.5. The molecule has 3 rings (SSSR count). The van der Waals surface area contributed by atoms with Crippen LogP contribution in [-0.2, 0) is 4.74 Å². The molecule has 0 spiro atoms. The topological polar surface area (TPSA) is 60.0 Å². The highest BCUT2D eigenvalue weighted by molar-refractivity contribution is 9.10. The van der Waals surface area contributed by atoms with Crippen LogP contribution in [0.15, 0.2) is 34.8 Å². The van der Waals surface area contributed by atoms with Crippen LogP contribution in [-0.4, -0.2) is 45.9 Å². The lowest BCUT2D eigenvalue weighted by Crippen LogP contribution is -2.36. The van der Waals surface area contributed by atoms with Gasteiger partial charge < -0.3 is 24.4 Å². The Labute approximate surface area is 184 Å². The van der Waals surface area contributed by atoms with Gasteiger partial charge in [-0.1, -0.05) is 18.5 Å². The quantitative estimate of drug-likeness (QED) is 0.601. The third kappa shape index (κ3) is 5.35. The van der Waals surface area contributed by atoms with Crippen molar-refractivity contribution in [2.24, 2.45) is 0 Å². The molecule has 8 heteroatoms. The van der Waals surface area contributed by atoms with E-state index in [-0.39, 0.29) is 5.91 Å². The second-order valence-electron chi connectivity index (χ2n) is 6.55. The van der Waals surface area contributed by atoms with Gasteiger partial charge in [-0.3, -0.25) is 4.79 Å². The van der Waals surface area contributed by atoms with Gasteiger partial charge in [0.2, 0.25) is 0 Å². The zero-order chi connectivity index (χ0) is 20.8. The van der Waals surface area contributed by atoms with Crippen molar-refractivity contribution in [3.05, 3.63) is 45.4 Å². The molecular weight excluding hydrogens is 460 g/mol. The summed E-state index contributed by atoms with van der Waals surface area (Å²) in [7, 11) is 1.55. The maximum atomic E-state index is 13.0. The van der Waals surface area contributed by atoms with E-state index in [4.69, 9.17) is 25.8 Å². The van der Waals surface area contributed by atoms with E-state index >= 15 is 0 Å². The molecule has 29 heavy (non-hydrogen) atoms. The molecule has 2 aromatic carbocycles. The molecule has 1 N–H and O–H groups in total. The fourth-order valence-corrected chi connectivity index (χ4v) is 3.81. The SMILES string of the molecule is CCCOc1c(Br)cc(C(=O)Nc2cc(Cl)ccc2N2CCOCC2)cc1OC. The molecule has 0 unspecified atom stereocenters. The average Bonchev–Trinajstić information content (AvgIpc) is 2.73. The first-order chi connectivity index (χ1) is 14.0. The summed E-state index contributed by atoms with van der Waals surface area (Å²) >= 11 is 9.67. The van der Waals surface area contributed by atoms with Crippen molar-refractivity contribution in [2.75, 3.05) is 50.2 Å². The molecular formula is C21H24BrClN2O4. The van der Waals surface area contributed by atoms with Gasteiger partial charge in [0.25, 0.3) is 5.91 Å². The molecule has 0 aromatic heterocycles. The van der Waals surface area contributed by atoms with E-state index in [2.05, 4.69) is 26.1 Å². The molecule has 6 nitrogen and oxygen atoms in total. The Bertz CT molecular complexity index is 872. The van der Waals surface area contributed by atoms with Crippen LogP contribution in [0.25, 0.3) is 0 Å². The number of methoxy groups -OCH3 is 1. The number of rotatable bonds is 7. The zero-order valence-corrected chi connectivity index (χ0v) is 18.8. The van der Waals surface area contributed by atoms with E-state index in [0.717, 1.165) is 25.2 Å². The van der Waals surface area contributed by atoms with Crippen LogP contribution in [0, 0.1) is 0 Å². The number of halogens is 2. The van der Waals surface area contributed by atoms with Crippen LogP contribution in [0.4, 0.5) is 11.4 Å². The predicted octanol–water partition coefficient (Wildman–Crippen LogP) is 4.99. The van der Waals surface area contributed by atoms with Gasteiger partial charge >= 0.3 is 0 Å². The smallest absolute Gasteiger partial charge is 0.255 e. The lowest BCUT2D eigenvalue weighted by atomic mass is 10.1. The highest BCUT2D eigenvalue weighted by Crippen LogP contribution is 2.37. The van der Waals surface area contributed by atoms with Crippen LogP contribution in [0.3, 0.4) is 0 Å². The largest absolute Gasteiger partial charge is 0.493 e. The first-order valence-electron chi connectivity index (χ1n) is 9.47. The van der Waals surface area contributed by atoms with Gasteiger partial charge in [-0.25, -0.2) is 0 Å². The van der Waals surface area contributed by atoms with Crippen molar-refractivity contribution in [2.45, 2.75) is 13.3 Å². The van der Waals surface area contributed by atoms with Crippen molar-refractivity contribution >= 4 is 44.8 Å². The first-order valence-corrected chi connectivity index (χ1v) is 10.6. The van der Waals surface area contributed by atoms with E-state index < -0.39 is 0 Å². The highest BCUT2D eigenvalue weighted by Gasteiger charge is 2.19. The Balaban J connectivity index is 1.86. The maximum absolute atomic E-state index is 13.0. The summed E-state index contributed by atoms with van der Waals surface area (Å²) in [4.78, 5) is 15.2. The number of nitrogens with zero attached hydrogens (tertiary/aromatic N) is 1. The van der Waals surface area contributed by atoms with Crippen LogP contribution in [0.5, 0.6) is 11.5 Å². The van der Waals surface area contributed by atoms with Gasteiger partial charge in [0.15, 0.2) is 11.5 Å². The molecule has 0 atom stereocenters. The summed E-state index contributed by atoms with van der Waals surface area (Å²) < 4.78 is 17.2. The van der Waals surface area contributed by atoms with E-state index in [9.17, 15) is 4.79 Å². The Morgan fingerprint density at radius 3 is 2.72 bits per heavy atom. The number of carbonyl (C=O) groups is 1. The van der Waals surface area contributed by atoms with E-state index in [1.54, 1.807) is 25.3 Å². The third-order valence-corrected chi connectivity index (χ3v) is 5.32. The average molecular weight is 484 g/mol.